The van der Waals surface area contributed by atoms with Gasteiger partial charge < -0.3 is 24.6 Å². The first-order valence-corrected chi connectivity index (χ1v) is 9.46. The second-order valence-electron chi connectivity index (χ2n) is 6.49. The van der Waals surface area contributed by atoms with Crippen LogP contribution in [0.5, 0.6) is 11.5 Å². The van der Waals surface area contributed by atoms with E-state index in [-0.39, 0.29) is 0 Å². The molecule has 5 nitrogen and oxygen atoms in total. The van der Waals surface area contributed by atoms with Gasteiger partial charge in [-0.25, -0.2) is 0 Å². The molecule has 0 spiro atoms. The molecule has 5 heteroatoms. The van der Waals surface area contributed by atoms with Crippen LogP contribution in [0, 0.1) is 0 Å². The Labute approximate surface area is 154 Å². The summed E-state index contributed by atoms with van der Waals surface area (Å²) >= 11 is 0. The number of anilines is 2. The predicted molar refractivity (Wildman–Crippen MR) is 109 cm³/mol. The summed E-state index contributed by atoms with van der Waals surface area (Å²) < 4.78 is 10.8. The topological polar surface area (TPSA) is 37.0 Å². The van der Waals surface area contributed by atoms with Crippen LogP contribution in [0.1, 0.15) is 39.5 Å². The number of unbranched alkanes of at least 4 members (excludes halogenated alkanes) is 3. The molecule has 0 heterocycles. The first-order chi connectivity index (χ1) is 12.1. The van der Waals surface area contributed by atoms with E-state index in [1.54, 1.807) is 14.2 Å². The molecule has 0 bridgehead atoms. The van der Waals surface area contributed by atoms with Crippen molar-refractivity contribution in [1.82, 2.24) is 4.90 Å². The van der Waals surface area contributed by atoms with E-state index in [0.29, 0.717) is 0 Å². The van der Waals surface area contributed by atoms with Gasteiger partial charge in [-0.1, -0.05) is 26.7 Å². The minimum atomic E-state index is 0.758. The van der Waals surface area contributed by atoms with Crippen molar-refractivity contribution in [2.45, 2.75) is 39.5 Å². The van der Waals surface area contributed by atoms with E-state index in [1.165, 1.54) is 32.2 Å². The quantitative estimate of drug-likeness (QED) is 0.542. The molecule has 0 unspecified atom stereocenters. The summed E-state index contributed by atoms with van der Waals surface area (Å²) in [5.74, 6) is 1.52. The number of hydrogen-bond donors (Lipinski definition) is 1. The lowest BCUT2D eigenvalue weighted by Crippen LogP contribution is -2.23. The average Bonchev–Trinajstić information content (AvgIpc) is 2.63. The molecule has 0 saturated carbocycles. The molecule has 1 N–H and O–H groups in total. The van der Waals surface area contributed by atoms with E-state index in [9.17, 15) is 0 Å². The van der Waals surface area contributed by atoms with E-state index in [1.807, 2.05) is 26.2 Å². The van der Waals surface area contributed by atoms with Gasteiger partial charge >= 0.3 is 0 Å². The third kappa shape index (κ3) is 7.02. The van der Waals surface area contributed by atoms with E-state index in [2.05, 4.69) is 29.0 Å². The van der Waals surface area contributed by atoms with Crippen LogP contribution < -0.4 is 19.7 Å². The molecule has 1 aromatic carbocycles. The van der Waals surface area contributed by atoms with Crippen molar-refractivity contribution in [1.29, 1.82) is 0 Å². The lowest BCUT2D eigenvalue weighted by Gasteiger charge is -2.21. The zero-order chi connectivity index (χ0) is 18.7. The number of ether oxygens (including phenoxy) is 2. The van der Waals surface area contributed by atoms with E-state index in [0.717, 1.165) is 42.5 Å². The monoisotopic (exact) mass is 351 g/mol. The molecule has 0 aliphatic carbocycles. The Bertz CT molecular complexity index is 488. The van der Waals surface area contributed by atoms with Crippen molar-refractivity contribution < 1.29 is 9.47 Å². The summed E-state index contributed by atoms with van der Waals surface area (Å²) in [6.07, 6.45) is 5.03. The van der Waals surface area contributed by atoms with E-state index < -0.39 is 0 Å². The van der Waals surface area contributed by atoms with Crippen LogP contribution in [0.2, 0.25) is 0 Å². The van der Waals surface area contributed by atoms with Gasteiger partial charge in [0.2, 0.25) is 0 Å². The number of nitrogens with zero attached hydrogens (tertiary/aromatic N) is 2. The van der Waals surface area contributed by atoms with Crippen molar-refractivity contribution in [2.75, 3.05) is 64.7 Å². The number of nitrogens with one attached hydrogen (secondary N) is 1. The first-order valence-electron chi connectivity index (χ1n) is 9.46. The van der Waals surface area contributed by atoms with Crippen molar-refractivity contribution in [3.63, 3.8) is 0 Å². The largest absolute Gasteiger partial charge is 0.493 e. The SMILES string of the molecule is CCN(CC)CCCCCCNc1cc(OC)c(OC)cc1N(C)C. The maximum Gasteiger partial charge on any atom is 0.162 e. The van der Waals surface area contributed by atoms with Gasteiger partial charge in [0.25, 0.3) is 0 Å². The Hall–Kier alpha value is -1.62. The third-order valence-corrected chi connectivity index (χ3v) is 4.59. The fraction of sp³-hybridized carbons (Fsp3) is 0.700. The predicted octanol–water partition coefficient (Wildman–Crippen LogP) is 4.08. The van der Waals surface area contributed by atoms with Gasteiger partial charge in [0, 0.05) is 32.8 Å². The molecule has 0 aliphatic heterocycles. The Morgan fingerprint density at radius 1 is 0.880 bits per heavy atom. The summed E-state index contributed by atoms with van der Waals surface area (Å²) in [6.45, 7) is 8.98. The standard InChI is InChI=1S/C20H37N3O2/c1-7-23(8-2)14-12-10-9-11-13-21-17-15-19(24-5)20(25-6)16-18(17)22(3)4/h15-16,21H,7-14H2,1-6H3. The second-order valence-corrected chi connectivity index (χ2v) is 6.49. The molecule has 144 valence electrons. The summed E-state index contributed by atoms with van der Waals surface area (Å²) in [4.78, 5) is 4.58. The van der Waals surface area contributed by atoms with Gasteiger partial charge in [-0.15, -0.1) is 0 Å². The van der Waals surface area contributed by atoms with Gasteiger partial charge in [-0.3, -0.25) is 0 Å². The molecular formula is C20H37N3O2. The van der Waals surface area contributed by atoms with Gasteiger partial charge in [0.05, 0.1) is 25.6 Å². The maximum atomic E-state index is 5.43. The van der Waals surface area contributed by atoms with Crippen LogP contribution >= 0.6 is 0 Å². The second kappa shape index (κ2) is 11.9. The van der Waals surface area contributed by atoms with Crippen LogP contribution in [0.4, 0.5) is 11.4 Å². The minimum absolute atomic E-state index is 0.758. The Morgan fingerprint density at radius 3 is 2.04 bits per heavy atom. The highest BCUT2D eigenvalue weighted by atomic mass is 16.5. The highest BCUT2D eigenvalue weighted by molar-refractivity contribution is 5.74. The Balaban J connectivity index is 2.46. The van der Waals surface area contributed by atoms with E-state index in [4.69, 9.17) is 9.47 Å². The van der Waals surface area contributed by atoms with Crippen LogP contribution in [0.15, 0.2) is 12.1 Å². The molecule has 0 fully saturated rings. The summed E-state index contributed by atoms with van der Waals surface area (Å²) in [5.41, 5.74) is 2.20. The fourth-order valence-electron chi connectivity index (χ4n) is 2.96. The molecule has 0 atom stereocenters. The Kier molecular flexibility index (Phi) is 10.2. The average molecular weight is 352 g/mol. The smallest absolute Gasteiger partial charge is 0.162 e. The zero-order valence-corrected chi connectivity index (χ0v) is 17.0. The van der Waals surface area contributed by atoms with Crippen molar-refractivity contribution in [2.24, 2.45) is 0 Å². The van der Waals surface area contributed by atoms with Crippen molar-refractivity contribution >= 4 is 11.4 Å². The maximum absolute atomic E-state index is 5.43. The van der Waals surface area contributed by atoms with Crippen LogP contribution in [-0.2, 0) is 0 Å². The molecule has 0 aromatic heterocycles. The van der Waals surface area contributed by atoms with Gasteiger partial charge in [-0.2, -0.15) is 0 Å². The molecule has 0 radical (unpaired) electrons. The van der Waals surface area contributed by atoms with Gasteiger partial charge in [-0.05, 0) is 32.5 Å². The Morgan fingerprint density at radius 2 is 1.48 bits per heavy atom. The van der Waals surface area contributed by atoms with Gasteiger partial charge in [0.15, 0.2) is 11.5 Å². The summed E-state index contributed by atoms with van der Waals surface area (Å²) in [6, 6.07) is 4.04. The molecule has 0 amide bonds. The van der Waals surface area contributed by atoms with Crippen molar-refractivity contribution in [3.05, 3.63) is 12.1 Å². The fourth-order valence-corrected chi connectivity index (χ4v) is 2.96. The highest BCUT2D eigenvalue weighted by Crippen LogP contribution is 2.37. The molecule has 1 aromatic rings. The van der Waals surface area contributed by atoms with Crippen molar-refractivity contribution in [3.8, 4) is 11.5 Å². The van der Waals surface area contributed by atoms with E-state index >= 15 is 0 Å². The van der Waals surface area contributed by atoms with Crippen LogP contribution in [-0.4, -0.2) is 59.4 Å². The molecular weight excluding hydrogens is 314 g/mol. The number of benzene rings is 1. The van der Waals surface area contributed by atoms with Crippen LogP contribution in [0.3, 0.4) is 0 Å². The molecule has 0 aliphatic rings. The normalized spacial score (nSPS) is 10.8. The molecule has 0 saturated heterocycles. The number of hydrogen-bond acceptors (Lipinski definition) is 5. The first kappa shape index (κ1) is 21.4. The zero-order valence-electron chi connectivity index (χ0n) is 17.0. The number of methoxy groups -OCH3 is 2. The molecule has 25 heavy (non-hydrogen) atoms. The summed E-state index contributed by atoms with van der Waals surface area (Å²) in [7, 11) is 7.43. The lowest BCUT2D eigenvalue weighted by atomic mass is 10.1. The third-order valence-electron chi connectivity index (χ3n) is 4.59. The lowest BCUT2D eigenvalue weighted by molar-refractivity contribution is 0.295. The number of rotatable bonds is 13. The summed E-state index contributed by atoms with van der Waals surface area (Å²) in [5, 5.41) is 3.56. The highest BCUT2D eigenvalue weighted by Gasteiger charge is 2.12. The van der Waals surface area contributed by atoms with Gasteiger partial charge in [0.1, 0.15) is 0 Å². The molecule has 1 rings (SSSR count). The van der Waals surface area contributed by atoms with Crippen LogP contribution in [0.25, 0.3) is 0 Å². The minimum Gasteiger partial charge on any atom is -0.493 e.